The van der Waals surface area contributed by atoms with E-state index in [0.717, 1.165) is 28.3 Å². The molecule has 2 aromatic carbocycles. The summed E-state index contributed by atoms with van der Waals surface area (Å²) in [5.41, 5.74) is 16.9. The van der Waals surface area contributed by atoms with Crippen molar-refractivity contribution >= 4 is 34.4 Å². The highest BCUT2D eigenvalue weighted by atomic mass is 15.5. The number of benzene rings is 2. The maximum atomic E-state index is 5.82. The molecule has 2 heterocycles. The van der Waals surface area contributed by atoms with Gasteiger partial charge in [0.2, 0.25) is 5.96 Å². The molecule has 7 heteroatoms. The fourth-order valence-corrected chi connectivity index (χ4v) is 3.03. The molecular formula is C22H21N7. The van der Waals surface area contributed by atoms with Gasteiger partial charge in [0.15, 0.2) is 0 Å². The molecule has 0 unspecified atom stereocenters. The van der Waals surface area contributed by atoms with Crippen LogP contribution >= 0.6 is 0 Å². The zero-order chi connectivity index (χ0) is 20.2. The smallest absolute Gasteiger partial charge is 0.227 e. The van der Waals surface area contributed by atoms with Crippen molar-refractivity contribution in [1.29, 1.82) is 0 Å². The van der Waals surface area contributed by atoms with E-state index in [9.17, 15) is 0 Å². The molecule has 0 spiro atoms. The Balaban J connectivity index is 1.57. The van der Waals surface area contributed by atoms with Crippen molar-refractivity contribution in [2.75, 3.05) is 16.0 Å². The first-order valence-corrected chi connectivity index (χ1v) is 9.02. The SMILES string of the molecule is C=C(NNC1=Nc2ccccc2C(=C)N1c1cccnc1)Nc1cccc(N)c1. The minimum Gasteiger partial charge on any atom is -0.399 e. The average Bonchev–Trinajstić information content (AvgIpc) is 2.73. The summed E-state index contributed by atoms with van der Waals surface area (Å²) in [7, 11) is 0. The largest absolute Gasteiger partial charge is 0.399 e. The topological polar surface area (TPSA) is 90.6 Å². The van der Waals surface area contributed by atoms with Crippen molar-refractivity contribution < 1.29 is 0 Å². The lowest BCUT2D eigenvalue weighted by molar-refractivity contribution is 0.762. The van der Waals surface area contributed by atoms with Gasteiger partial charge in [-0.15, -0.1) is 0 Å². The van der Waals surface area contributed by atoms with E-state index in [1.54, 1.807) is 12.4 Å². The summed E-state index contributed by atoms with van der Waals surface area (Å²) >= 11 is 0. The highest BCUT2D eigenvalue weighted by Gasteiger charge is 2.25. The van der Waals surface area contributed by atoms with E-state index in [1.165, 1.54) is 0 Å². The summed E-state index contributed by atoms with van der Waals surface area (Å²) in [6.07, 6.45) is 3.49. The van der Waals surface area contributed by atoms with E-state index in [1.807, 2.05) is 65.6 Å². The molecule has 0 radical (unpaired) electrons. The number of aromatic nitrogens is 1. The van der Waals surface area contributed by atoms with Crippen LogP contribution < -0.4 is 26.8 Å². The normalized spacial score (nSPS) is 12.6. The zero-order valence-corrected chi connectivity index (χ0v) is 15.8. The molecule has 3 aromatic rings. The van der Waals surface area contributed by atoms with Gasteiger partial charge in [-0.05, 0) is 36.4 Å². The Morgan fingerprint density at radius 3 is 2.69 bits per heavy atom. The molecule has 0 saturated carbocycles. The van der Waals surface area contributed by atoms with E-state index in [0.29, 0.717) is 17.5 Å². The van der Waals surface area contributed by atoms with Crippen molar-refractivity contribution in [1.82, 2.24) is 15.8 Å². The molecule has 144 valence electrons. The van der Waals surface area contributed by atoms with Crippen molar-refractivity contribution in [3.63, 3.8) is 0 Å². The fourth-order valence-electron chi connectivity index (χ4n) is 3.03. The Morgan fingerprint density at radius 2 is 1.90 bits per heavy atom. The number of hydrogen-bond acceptors (Lipinski definition) is 7. The number of nitrogen functional groups attached to an aromatic ring is 1. The van der Waals surface area contributed by atoms with Crippen LogP contribution in [0.25, 0.3) is 5.70 Å². The third-order valence-corrected chi connectivity index (χ3v) is 4.33. The van der Waals surface area contributed by atoms with Crippen molar-refractivity contribution in [3.8, 4) is 0 Å². The number of rotatable bonds is 5. The Kier molecular flexibility index (Phi) is 4.86. The molecule has 1 aromatic heterocycles. The number of aliphatic imine (C=N–C) groups is 1. The summed E-state index contributed by atoms with van der Waals surface area (Å²) in [6, 6.07) is 19.1. The van der Waals surface area contributed by atoms with Gasteiger partial charge in [-0.2, -0.15) is 0 Å². The van der Waals surface area contributed by atoms with Gasteiger partial charge in [-0.1, -0.05) is 37.4 Å². The number of nitrogens with one attached hydrogen (secondary N) is 3. The molecule has 4 rings (SSSR count). The second-order valence-corrected chi connectivity index (χ2v) is 6.42. The Bertz CT molecular complexity index is 1090. The molecule has 0 aliphatic carbocycles. The molecule has 1 aliphatic rings. The molecule has 5 N–H and O–H groups in total. The van der Waals surface area contributed by atoms with Crippen molar-refractivity contribution in [2.45, 2.75) is 0 Å². The quantitative estimate of drug-likeness (QED) is 0.396. The molecule has 7 nitrogen and oxygen atoms in total. The van der Waals surface area contributed by atoms with Crippen LogP contribution in [-0.4, -0.2) is 10.9 Å². The van der Waals surface area contributed by atoms with Gasteiger partial charge in [0.1, 0.15) is 5.82 Å². The molecule has 0 bridgehead atoms. The second-order valence-electron chi connectivity index (χ2n) is 6.42. The first-order chi connectivity index (χ1) is 14.1. The van der Waals surface area contributed by atoms with Gasteiger partial charge in [0, 0.05) is 23.1 Å². The van der Waals surface area contributed by atoms with Crippen LogP contribution in [0.3, 0.4) is 0 Å². The van der Waals surface area contributed by atoms with Crippen LogP contribution in [0, 0.1) is 0 Å². The fraction of sp³-hybridized carbons (Fsp3) is 0. The number of para-hydroxylation sites is 1. The van der Waals surface area contributed by atoms with E-state index in [-0.39, 0.29) is 0 Å². The second kappa shape index (κ2) is 7.77. The van der Waals surface area contributed by atoms with Crippen LogP contribution in [0.5, 0.6) is 0 Å². The molecular weight excluding hydrogens is 362 g/mol. The Morgan fingerprint density at radius 1 is 1.03 bits per heavy atom. The van der Waals surface area contributed by atoms with Gasteiger partial charge in [0.05, 0.1) is 23.3 Å². The lowest BCUT2D eigenvalue weighted by atomic mass is 10.1. The summed E-state index contributed by atoms with van der Waals surface area (Å²) in [4.78, 5) is 10.9. The maximum absolute atomic E-state index is 5.82. The number of nitrogens with two attached hydrogens (primary N) is 1. The van der Waals surface area contributed by atoms with E-state index in [2.05, 4.69) is 34.3 Å². The predicted octanol–water partition coefficient (Wildman–Crippen LogP) is 3.82. The number of guanidine groups is 1. The molecule has 1 aliphatic heterocycles. The number of nitrogens with zero attached hydrogens (tertiary/aromatic N) is 3. The van der Waals surface area contributed by atoms with Crippen LogP contribution in [0.4, 0.5) is 22.7 Å². The van der Waals surface area contributed by atoms with Gasteiger partial charge in [0.25, 0.3) is 0 Å². The highest BCUT2D eigenvalue weighted by Crippen LogP contribution is 2.35. The average molecular weight is 383 g/mol. The number of hydrazine groups is 1. The van der Waals surface area contributed by atoms with E-state index < -0.39 is 0 Å². The monoisotopic (exact) mass is 383 g/mol. The Hall–Kier alpha value is -4.26. The first-order valence-electron chi connectivity index (χ1n) is 9.02. The summed E-state index contributed by atoms with van der Waals surface area (Å²) in [6.45, 7) is 8.26. The van der Waals surface area contributed by atoms with Crippen LogP contribution in [0.1, 0.15) is 5.56 Å². The van der Waals surface area contributed by atoms with Crippen molar-refractivity contribution in [3.05, 3.63) is 97.6 Å². The lowest BCUT2D eigenvalue weighted by Gasteiger charge is -2.32. The van der Waals surface area contributed by atoms with Crippen LogP contribution in [0.15, 0.2) is 97.0 Å². The van der Waals surface area contributed by atoms with Gasteiger partial charge < -0.3 is 11.1 Å². The number of anilines is 3. The molecule has 0 amide bonds. The van der Waals surface area contributed by atoms with E-state index >= 15 is 0 Å². The van der Waals surface area contributed by atoms with Gasteiger partial charge in [-0.25, -0.2) is 4.99 Å². The Labute approximate surface area is 169 Å². The number of hydrogen-bond donors (Lipinski definition) is 4. The van der Waals surface area contributed by atoms with Crippen LogP contribution in [0.2, 0.25) is 0 Å². The molecule has 29 heavy (non-hydrogen) atoms. The molecule has 0 saturated heterocycles. The molecule has 0 atom stereocenters. The number of fused-ring (bicyclic) bond motifs is 1. The predicted molar refractivity (Wildman–Crippen MR) is 119 cm³/mol. The van der Waals surface area contributed by atoms with Gasteiger partial charge >= 0.3 is 0 Å². The maximum Gasteiger partial charge on any atom is 0.227 e. The summed E-state index contributed by atoms with van der Waals surface area (Å²) < 4.78 is 0. The van der Waals surface area contributed by atoms with Crippen LogP contribution in [-0.2, 0) is 0 Å². The first kappa shape index (κ1) is 18.1. The van der Waals surface area contributed by atoms with E-state index in [4.69, 9.17) is 10.7 Å². The lowest BCUT2D eigenvalue weighted by Crippen LogP contribution is -2.48. The third-order valence-electron chi connectivity index (χ3n) is 4.33. The number of pyridine rings is 1. The van der Waals surface area contributed by atoms with Gasteiger partial charge in [-0.3, -0.25) is 20.7 Å². The van der Waals surface area contributed by atoms with Crippen molar-refractivity contribution in [2.24, 2.45) is 4.99 Å². The third kappa shape index (κ3) is 3.89. The molecule has 0 fully saturated rings. The summed E-state index contributed by atoms with van der Waals surface area (Å²) in [5.74, 6) is 1.09. The minimum absolute atomic E-state index is 0.536. The highest BCUT2D eigenvalue weighted by molar-refractivity contribution is 6.11. The summed E-state index contributed by atoms with van der Waals surface area (Å²) in [5, 5.41) is 3.15. The zero-order valence-electron chi connectivity index (χ0n) is 15.8. The minimum atomic E-state index is 0.536. The standard InChI is InChI=1S/C22H21N7/c1-15-20-10-3-4-11-21(20)26-22(29(15)19-9-6-12-24-14-19)28-27-16(2)25-18-8-5-7-17(23)13-18/h3-14,25,27H,1-2,23H2,(H,26,28).